The molecule has 0 unspecified atom stereocenters. The topological polar surface area (TPSA) is 17.1 Å². The van der Waals surface area contributed by atoms with Crippen LogP contribution in [0.25, 0.3) is 0 Å². The molecule has 5 heteroatoms. The molecule has 0 N–H and O–H groups in total. The van der Waals surface area contributed by atoms with E-state index in [1.807, 2.05) is 0 Å². The Hall–Kier alpha value is -1.81. The fourth-order valence-electron chi connectivity index (χ4n) is 1.67. The fraction of sp³-hybridized carbons (Fsp3) is 0.0714. The number of hydrogen-bond donors (Lipinski definition) is 0. The average molecular weight is 285 g/mol. The number of carbonyl (C=O) groups is 1. The number of ketones is 1. The first-order valence-corrected chi connectivity index (χ1v) is 5.77. The van der Waals surface area contributed by atoms with Crippen molar-refractivity contribution in [2.24, 2.45) is 0 Å². The molecule has 0 aliphatic rings. The van der Waals surface area contributed by atoms with Crippen LogP contribution in [0.15, 0.2) is 36.4 Å². The lowest BCUT2D eigenvalue weighted by atomic mass is 10.0. The maximum Gasteiger partial charge on any atom is 0.167 e. The number of hydrogen-bond acceptors (Lipinski definition) is 1. The Morgan fingerprint density at radius 1 is 1.00 bits per heavy atom. The summed E-state index contributed by atoms with van der Waals surface area (Å²) in [7, 11) is 0. The third-order valence-corrected chi connectivity index (χ3v) is 2.82. The monoisotopic (exact) mass is 284 g/mol. The van der Waals surface area contributed by atoms with E-state index in [4.69, 9.17) is 11.6 Å². The molecule has 0 heterocycles. The summed E-state index contributed by atoms with van der Waals surface area (Å²) in [5.41, 5.74) is 0.402. The van der Waals surface area contributed by atoms with Gasteiger partial charge in [-0.3, -0.25) is 4.79 Å². The predicted octanol–water partition coefficient (Wildman–Crippen LogP) is 4.18. The van der Waals surface area contributed by atoms with Crippen LogP contribution < -0.4 is 0 Å². The maximum atomic E-state index is 13.0. The summed E-state index contributed by atoms with van der Waals surface area (Å²) >= 11 is 5.56. The molecule has 98 valence electrons. The van der Waals surface area contributed by atoms with E-state index in [1.165, 1.54) is 12.1 Å². The lowest BCUT2D eigenvalue weighted by molar-refractivity contribution is 0.0993. The minimum absolute atomic E-state index is 0.170. The Labute approximate surface area is 112 Å². The molecule has 0 aromatic heterocycles. The van der Waals surface area contributed by atoms with Gasteiger partial charge in [0.25, 0.3) is 0 Å². The smallest absolute Gasteiger partial charge is 0.167 e. The molecule has 0 aliphatic carbocycles. The second-order valence-electron chi connectivity index (χ2n) is 4.01. The van der Waals surface area contributed by atoms with E-state index in [2.05, 4.69) is 0 Å². The van der Waals surface area contributed by atoms with Crippen LogP contribution in [0.5, 0.6) is 0 Å². The normalized spacial score (nSPS) is 10.5. The molecule has 0 atom stereocenters. The van der Waals surface area contributed by atoms with Crippen LogP contribution >= 0.6 is 11.6 Å². The number of benzene rings is 2. The van der Waals surface area contributed by atoms with Crippen molar-refractivity contribution in [2.45, 2.75) is 6.42 Å². The van der Waals surface area contributed by atoms with E-state index in [0.29, 0.717) is 0 Å². The van der Waals surface area contributed by atoms with Gasteiger partial charge in [0, 0.05) is 18.1 Å². The second kappa shape index (κ2) is 5.45. The largest absolute Gasteiger partial charge is 0.294 e. The van der Waals surface area contributed by atoms with Gasteiger partial charge >= 0.3 is 0 Å². The fourth-order valence-corrected chi connectivity index (χ4v) is 1.85. The van der Waals surface area contributed by atoms with Gasteiger partial charge in [-0.1, -0.05) is 11.6 Å². The number of rotatable bonds is 3. The number of carbonyl (C=O) groups excluding carboxylic acids is 1. The van der Waals surface area contributed by atoms with Crippen molar-refractivity contribution in [2.75, 3.05) is 0 Å². The zero-order chi connectivity index (χ0) is 14.0. The lowest BCUT2D eigenvalue weighted by Crippen LogP contribution is -2.04. The molecule has 0 fully saturated rings. The van der Waals surface area contributed by atoms with E-state index in [1.54, 1.807) is 0 Å². The van der Waals surface area contributed by atoms with Gasteiger partial charge in [0.15, 0.2) is 5.78 Å². The number of Topliss-reactive ketones (excluding diaryl/α,β-unsaturated/α-hetero) is 1. The van der Waals surface area contributed by atoms with Crippen LogP contribution in [-0.4, -0.2) is 5.78 Å². The van der Waals surface area contributed by atoms with Gasteiger partial charge in [-0.25, -0.2) is 13.2 Å². The Morgan fingerprint density at radius 2 is 1.63 bits per heavy atom. The van der Waals surface area contributed by atoms with Crippen molar-refractivity contribution in [1.82, 2.24) is 0 Å². The van der Waals surface area contributed by atoms with Gasteiger partial charge in [-0.2, -0.15) is 0 Å². The van der Waals surface area contributed by atoms with Crippen molar-refractivity contribution in [1.29, 1.82) is 0 Å². The molecular weight excluding hydrogens is 277 g/mol. The third kappa shape index (κ3) is 3.35. The molecule has 0 saturated heterocycles. The van der Waals surface area contributed by atoms with Crippen molar-refractivity contribution in [3.05, 3.63) is 70.0 Å². The summed E-state index contributed by atoms with van der Waals surface area (Å²) in [4.78, 5) is 11.9. The van der Waals surface area contributed by atoms with Crippen LogP contribution in [0.3, 0.4) is 0 Å². The minimum Gasteiger partial charge on any atom is -0.294 e. The number of halogens is 4. The quantitative estimate of drug-likeness (QED) is 0.773. The average Bonchev–Trinajstić information content (AvgIpc) is 2.31. The van der Waals surface area contributed by atoms with Crippen molar-refractivity contribution >= 4 is 17.4 Å². The molecule has 0 aliphatic heterocycles. The standard InChI is InChI=1S/C14H8ClF3O/c15-12-6-9(1-2-13(12)18)14(19)5-8-3-10(16)7-11(17)4-8/h1-4,6-7H,5H2. The van der Waals surface area contributed by atoms with E-state index >= 15 is 0 Å². The van der Waals surface area contributed by atoms with Gasteiger partial charge in [0.1, 0.15) is 17.5 Å². The first-order chi connectivity index (χ1) is 8.95. The lowest BCUT2D eigenvalue weighted by Gasteiger charge is -2.03. The van der Waals surface area contributed by atoms with E-state index in [0.717, 1.165) is 24.3 Å². The van der Waals surface area contributed by atoms with Crippen LogP contribution in [0.2, 0.25) is 5.02 Å². The molecule has 0 spiro atoms. The predicted molar refractivity (Wildman–Crippen MR) is 65.8 cm³/mol. The summed E-state index contributed by atoms with van der Waals surface area (Å²) in [6, 6.07) is 6.41. The molecule has 2 rings (SSSR count). The molecule has 0 amide bonds. The highest BCUT2D eigenvalue weighted by molar-refractivity contribution is 6.31. The summed E-state index contributed by atoms with van der Waals surface area (Å²) in [5, 5.41) is -0.170. The molecule has 0 radical (unpaired) electrons. The van der Waals surface area contributed by atoms with Gasteiger partial charge in [0.05, 0.1) is 5.02 Å². The molecule has 0 bridgehead atoms. The first kappa shape index (κ1) is 13.6. The Balaban J connectivity index is 2.22. The second-order valence-corrected chi connectivity index (χ2v) is 4.41. The molecule has 19 heavy (non-hydrogen) atoms. The summed E-state index contributed by atoms with van der Waals surface area (Å²) in [5.74, 6) is -2.53. The summed E-state index contributed by atoms with van der Waals surface area (Å²) < 4.78 is 38.9. The van der Waals surface area contributed by atoms with Crippen molar-refractivity contribution < 1.29 is 18.0 Å². The highest BCUT2D eigenvalue weighted by Gasteiger charge is 2.11. The van der Waals surface area contributed by atoms with Gasteiger partial charge in [-0.15, -0.1) is 0 Å². The SMILES string of the molecule is O=C(Cc1cc(F)cc(F)c1)c1ccc(F)c(Cl)c1. The van der Waals surface area contributed by atoms with Crippen LogP contribution in [0.4, 0.5) is 13.2 Å². The first-order valence-electron chi connectivity index (χ1n) is 5.39. The van der Waals surface area contributed by atoms with Crippen LogP contribution in [0.1, 0.15) is 15.9 Å². The van der Waals surface area contributed by atoms with Gasteiger partial charge in [0.2, 0.25) is 0 Å². The Kier molecular flexibility index (Phi) is 3.90. The maximum absolute atomic E-state index is 13.0. The van der Waals surface area contributed by atoms with Crippen molar-refractivity contribution in [3.63, 3.8) is 0 Å². The zero-order valence-corrected chi connectivity index (χ0v) is 10.3. The van der Waals surface area contributed by atoms with E-state index in [-0.39, 0.29) is 22.6 Å². The molecule has 2 aromatic rings. The summed E-state index contributed by atoms with van der Waals surface area (Å²) in [6.07, 6.45) is -0.184. The van der Waals surface area contributed by atoms with E-state index in [9.17, 15) is 18.0 Å². The van der Waals surface area contributed by atoms with Crippen LogP contribution in [-0.2, 0) is 6.42 Å². The zero-order valence-electron chi connectivity index (χ0n) is 9.59. The van der Waals surface area contributed by atoms with Gasteiger partial charge in [-0.05, 0) is 35.9 Å². The Bertz CT molecular complexity index is 620. The van der Waals surface area contributed by atoms with Crippen LogP contribution in [0, 0.1) is 17.5 Å². The minimum atomic E-state index is -0.750. The highest BCUT2D eigenvalue weighted by atomic mass is 35.5. The molecular formula is C14H8ClF3O. The highest BCUT2D eigenvalue weighted by Crippen LogP contribution is 2.18. The van der Waals surface area contributed by atoms with Crippen molar-refractivity contribution in [3.8, 4) is 0 Å². The molecule has 2 aromatic carbocycles. The molecule has 0 saturated carbocycles. The Morgan fingerprint density at radius 3 is 2.21 bits per heavy atom. The van der Waals surface area contributed by atoms with Gasteiger partial charge < -0.3 is 0 Å². The molecule has 1 nitrogen and oxygen atoms in total. The third-order valence-electron chi connectivity index (χ3n) is 2.53. The van der Waals surface area contributed by atoms with E-state index < -0.39 is 23.2 Å². The summed E-state index contributed by atoms with van der Waals surface area (Å²) in [6.45, 7) is 0.